The van der Waals surface area contributed by atoms with Crippen LogP contribution < -0.4 is 16.5 Å². The summed E-state index contributed by atoms with van der Waals surface area (Å²) in [6.45, 7) is 13.2. The Morgan fingerprint density at radius 2 is 1.93 bits per heavy atom. The monoisotopic (exact) mass is 604 g/mol. The zero-order chi connectivity index (χ0) is 31.1. The maximum absolute atomic E-state index is 14.2. The zero-order valence-electron chi connectivity index (χ0n) is 23.7. The van der Waals surface area contributed by atoms with E-state index in [0.717, 1.165) is 8.87 Å². The second kappa shape index (κ2) is 13.6. The van der Waals surface area contributed by atoms with Crippen molar-refractivity contribution < 1.29 is 31.5 Å². The summed E-state index contributed by atoms with van der Waals surface area (Å²) in [6.07, 6.45) is 2.13. The molecule has 0 saturated carbocycles. The Morgan fingerprint density at radius 1 is 1.21 bits per heavy atom. The molecule has 0 bridgehead atoms. The highest BCUT2D eigenvalue weighted by atomic mass is 32.2. The van der Waals surface area contributed by atoms with Crippen LogP contribution in [-0.4, -0.2) is 82.2 Å². The summed E-state index contributed by atoms with van der Waals surface area (Å²) in [7, 11) is -2.71. The fourth-order valence-corrected chi connectivity index (χ4v) is 5.12. The zero-order valence-corrected chi connectivity index (χ0v) is 24.6. The molecule has 2 aromatic heterocycles. The van der Waals surface area contributed by atoms with Crippen LogP contribution in [0.1, 0.15) is 27.7 Å². The smallest absolute Gasteiger partial charge is 0.443 e. The highest BCUT2D eigenvalue weighted by Gasteiger charge is 2.35. The lowest BCUT2D eigenvalue weighted by molar-refractivity contribution is 0.0396. The average molecular weight is 604 g/mol. The first-order valence-corrected chi connectivity index (χ1v) is 14.2. The Hall–Kier alpha value is -4.25. The Balaban J connectivity index is 1.84. The second-order valence-electron chi connectivity index (χ2n) is 9.77. The number of ether oxygens (including phenoxy) is 1. The van der Waals surface area contributed by atoms with Crippen LogP contribution in [0.25, 0.3) is 17.2 Å². The quantitative estimate of drug-likeness (QED) is 0.212. The lowest BCUT2D eigenvalue weighted by Crippen LogP contribution is -2.49. The van der Waals surface area contributed by atoms with Gasteiger partial charge >= 0.3 is 22.1 Å². The van der Waals surface area contributed by atoms with Crippen LogP contribution in [0.5, 0.6) is 0 Å². The van der Waals surface area contributed by atoms with Gasteiger partial charge in [0, 0.05) is 19.6 Å². The molecule has 0 atom stereocenters. The Morgan fingerprint density at radius 3 is 2.57 bits per heavy atom. The summed E-state index contributed by atoms with van der Waals surface area (Å²) >= 11 is 0. The van der Waals surface area contributed by atoms with Gasteiger partial charge in [0.15, 0.2) is 13.0 Å². The van der Waals surface area contributed by atoms with Gasteiger partial charge in [-0.1, -0.05) is 36.0 Å². The predicted molar refractivity (Wildman–Crippen MR) is 154 cm³/mol. The maximum atomic E-state index is 14.2. The van der Waals surface area contributed by atoms with Crippen LogP contribution in [0.4, 0.5) is 15.0 Å². The number of benzene rings is 1. The second-order valence-corrected chi connectivity index (χ2v) is 11.6. The topological polar surface area (TPSA) is 166 Å². The summed E-state index contributed by atoms with van der Waals surface area (Å²) in [5.41, 5.74) is -0.407. The minimum atomic E-state index is -4.37. The largest absolute Gasteiger partial charge is 0.446 e. The van der Waals surface area contributed by atoms with Crippen molar-refractivity contribution in [3.8, 4) is 17.2 Å². The molecule has 17 heteroatoms. The lowest BCUT2D eigenvalue weighted by Gasteiger charge is -2.30. The van der Waals surface area contributed by atoms with Gasteiger partial charge in [0.2, 0.25) is 11.6 Å². The normalized spacial score (nSPS) is 11.8. The number of carbonyl (C=O) groups excluding carboxylic acids is 1. The molecule has 0 aliphatic heterocycles. The number of halogens is 1. The molecule has 0 aliphatic carbocycles. The van der Waals surface area contributed by atoms with E-state index >= 15 is 0 Å². The molecule has 225 valence electrons. The van der Waals surface area contributed by atoms with E-state index in [2.05, 4.69) is 33.9 Å². The summed E-state index contributed by atoms with van der Waals surface area (Å²) in [5, 5.41) is 14.3. The van der Waals surface area contributed by atoms with Crippen molar-refractivity contribution in [2.75, 3.05) is 31.5 Å². The van der Waals surface area contributed by atoms with E-state index in [9.17, 15) is 22.4 Å². The number of amides is 1. The van der Waals surface area contributed by atoms with Gasteiger partial charge in [0.1, 0.15) is 11.4 Å². The van der Waals surface area contributed by atoms with E-state index in [1.807, 2.05) is 6.92 Å². The number of anilines is 1. The van der Waals surface area contributed by atoms with Gasteiger partial charge in [-0.15, -0.1) is 13.2 Å². The summed E-state index contributed by atoms with van der Waals surface area (Å²) < 4.78 is 58.6. The van der Waals surface area contributed by atoms with Crippen molar-refractivity contribution in [1.82, 2.24) is 28.6 Å². The van der Waals surface area contributed by atoms with Gasteiger partial charge in [-0.3, -0.25) is 4.52 Å². The Labute approximate surface area is 243 Å². The lowest BCUT2D eigenvalue weighted by atomic mass is 9.67. The highest BCUT2D eigenvalue weighted by molar-refractivity contribution is 7.87. The van der Waals surface area contributed by atoms with Gasteiger partial charge in [-0.2, -0.15) is 17.0 Å². The number of rotatable bonds is 14. The van der Waals surface area contributed by atoms with Crippen molar-refractivity contribution in [3.63, 3.8) is 0 Å². The molecule has 1 radical (unpaired) electrons. The molecule has 0 spiro atoms. The SMILES string of the molecule is C=CCN(CCNc1nonc1-c1noc(=O)n1-c1ccc(F)c([B]CC)c1)S(=O)(=O)N(CC=C)C(=O)OC(C)(C)C. The Kier molecular flexibility index (Phi) is 10.5. The number of hydrogen-bond donors (Lipinski definition) is 1. The predicted octanol–water partition coefficient (Wildman–Crippen LogP) is 2.35. The van der Waals surface area contributed by atoms with Crippen molar-refractivity contribution in [2.45, 2.75) is 39.6 Å². The van der Waals surface area contributed by atoms with E-state index in [0.29, 0.717) is 10.6 Å². The number of hydrogen-bond acceptors (Lipinski definition) is 11. The van der Waals surface area contributed by atoms with Crippen LogP contribution >= 0.6 is 0 Å². The fraction of sp³-hybridized carbons (Fsp3) is 0.400. The maximum Gasteiger partial charge on any atom is 0.446 e. The van der Waals surface area contributed by atoms with Crippen LogP contribution in [0, 0.1) is 5.82 Å². The van der Waals surface area contributed by atoms with E-state index < -0.39 is 33.5 Å². The standard InChI is InChI=1S/C25H32BFN7O7S/c1-7-13-32(42(37,38)33(14-8-2)23(35)39-25(4,5)6)15-12-28-21-20(29-41-30-21)22-31-40-24(36)34(22)17-10-11-19(27)18(16-17)26-9-3/h7-8,10-11,16H,1-2,9,12-15H2,3-6H3,(H,28,30). The van der Waals surface area contributed by atoms with Gasteiger partial charge in [0.25, 0.3) is 0 Å². The third-order valence-electron chi connectivity index (χ3n) is 5.45. The fourth-order valence-electron chi connectivity index (χ4n) is 3.70. The van der Waals surface area contributed by atoms with Gasteiger partial charge in [0.05, 0.1) is 12.2 Å². The molecule has 1 N–H and O–H groups in total. The molecule has 0 unspecified atom stereocenters. The van der Waals surface area contributed by atoms with Gasteiger partial charge in [-0.25, -0.2) is 23.2 Å². The van der Waals surface area contributed by atoms with Crippen LogP contribution in [0.3, 0.4) is 0 Å². The number of nitrogens with zero attached hydrogens (tertiary/aromatic N) is 6. The first-order valence-electron chi connectivity index (χ1n) is 12.8. The Bertz CT molecular complexity index is 1580. The van der Waals surface area contributed by atoms with Gasteiger partial charge in [-0.05, 0) is 49.3 Å². The minimum Gasteiger partial charge on any atom is -0.443 e. The van der Waals surface area contributed by atoms with Gasteiger partial charge < -0.3 is 10.1 Å². The van der Waals surface area contributed by atoms with Crippen LogP contribution in [-0.2, 0) is 14.9 Å². The van der Waals surface area contributed by atoms with Crippen molar-refractivity contribution in [1.29, 1.82) is 0 Å². The first kappa shape index (κ1) is 32.3. The van der Waals surface area contributed by atoms with Crippen LogP contribution in [0.2, 0.25) is 6.32 Å². The molecule has 1 aromatic carbocycles. The van der Waals surface area contributed by atoms with E-state index in [1.165, 1.54) is 30.4 Å². The van der Waals surface area contributed by atoms with E-state index in [4.69, 9.17) is 13.9 Å². The molecule has 0 fully saturated rings. The molecule has 0 saturated heterocycles. The summed E-state index contributed by atoms with van der Waals surface area (Å²) in [5.74, 6) is -1.39. The third-order valence-corrected chi connectivity index (χ3v) is 7.29. The van der Waals surface area contributed by atoms with Crippen molar-refractivity contribution in [2.24, 2.45) is 0 Å². The number of aromatic nitrogens is 4. The molecule has 0 aliphatic rings. The molecular formula is C25H32BFN7O7S. The third kappa shape index (κ3) is 7.53. The highest BCUT2D eigenvalue weighted by Crippen LogP contribution is 2.24. The summed E-state index contributed by atoms with van der Waals surface area (Å²) in [6, 6.07) is 4.05. The molecule has 1 amide bonds. The van der Waals surface area contributed by atoms with Crippen LogP contribution in [0.15, 0.2) is 57.5 Å². The summed E-state index contributed by atoms with van der Waals surface area (Å²) in [4.78, 5) is 25.2. The van der Waals surface area contributed by atoms with E-state index in [1.54, 1.807) is 28.1 Å². The molecule has 42 heavy (non-hydrogen) atoms. The minimum absolute atomic E-state index is 0.0190. The van der Waals surface area contributed by atoms with E-state index in [-0.39, 0.29) is 54.7 Å². The first-order chi connectivity index (χ1) is 19.8. The molecule has 2 heterocycles. The van der Waals surface area contributed by atoms with Crippen molar-refractivity contribution >= 4 is 34.9 Å². The number of carbonyl (C=O) groups is 1. The average Bonchev–Trinajstić information content (AvgIpc) is 3.53. The number of nitrogens with one attached hydrogen (secondary N) is 1. The molecule has 14 nitrogen and oxygen atoms in total. The molecular weight excluding hydrogens is 572 g/mol. The van der Waals surface area contributed by atoms with Crippen molar-refractivity contribution in [3.05, 3.63) is 59.9 Å². The molecule has 3 aromatic rings. The molecule has 3 rings (SSSR count).